The molecule has 0 radical (unpaired) electrons. The molecule has 0 spiro atoms. The zero-order valence-electron chi connectivity index (χ0n) is 15.2. The van der Waals surface area contributed by atoms with Gasteiger partial charge in [0.1, 0.15) is 0 Å². The molecule has 3 heterocycles. The highest BCUT2D eigenvalue weighted by Crippen LogP contribution is 2.40. The summed E-state index contributed by atoms with van der Waals surface area (Å²) in [6.45, 7) is 3.79. The van der Waals surface area contributed by atoms with Crippen LogP contribution in [-0.4, -0.2) is 33.6 Å². The van der Waals surface area contributed by atoms with Crippen molar-refractivity contribution in [1.82, 2.24) is 14.9 Å². The highest BCUT2D eigenvalue weighted by atomic mass is 35.5. The zero-order chi connectivity index (χ0) is 18.3. The van der Waals surface area contributed by atoms with E-state index in [0.717, 1.165) is 35.6 Å². The molecule has 3 aromatic rings. The fraction of sp³-hybridized carbons (Fsp3) is 0.381. The van der Waals surface area contributed by atoms with Crippen LogP contribution in [0.15, 0.2) is 42.7 Å². The Morgan fingerprint density at radius 2 is 2.08 bits per heavy atom. The lowest BCUT2D eigenvalue weighted by atomic mass is 9.83. The van der Waals surface area contributed by atoms with Gasteiger partial charge in [-0.1, -0.05) is 11.6 Å². The Balaban J connectivity index is 1.75. The van der Waals surface area contributed by atoms with Crippen LogP contribution in [-0.2, 0) is 12.1 Å². The van der Waals surface area contributed by atoms with Gasteiger partial charge in [0.05, 0.1) is 5.60 Å². The number of rotatable bonds is 3. The van der Waals surface area contributed by atoms with Crippen molar-refractivity contribution in [3.63, 3.8) is 0 Å². The summed E-state index contributed by atoms with van der Waals surface area (Å²) in [5.74, 6) is 0.254. The molecule has 136 valence electrons. The lowest BCUT2D eigenvalue weighted by molar-refractivity contribution is 0.0381. The number of hydrogen-bond donors (Lipinski definition) is 2. The summed E-state index contributed by atoms with van der Waals surface area (Å²) in [5, 5.41) is 13.1. The molecule has 0 saturated carbocycles. The van der Waals surface area contributed by atoms with E-state index in [1.165, 1.54) is 16.6 Å². The second kappa shape index (κ2) is 6.69. The molecular formula is C21H24ClN3O. The number of halogens is 1. The van der Waals surface area contributed by atoms with Gasteiger partial charge in [0.15, 0.2) is 0 Å². The Morgan fingerprint density at radius 3 is 2.85 bits per heavy atom. The molecule has 2 atom stereocenters. The molecule has 0 bridgehead atoms. The maximum absolute atomic E-state index is 11.2. The van der Waals surface area contributed by atoms with E-state index in [4.69, 9.17) is 11.6 Å². The summed E-state index contributed by atoms with van der Waals surface area (Å²) in [6.07, 6.45) is 5.14. The molecule has 4 nitrogen and oxygen atoms in total. The number of aromatic nitrogens is 2. The van der Waals surface area contributed by atoms with E-state index in [1.54, 1.807) is 12.4 Å². The van der Waals surface area contributed by atoms with Crippen LogP contribution in [0.1, 0.15) is 42.5 Å². The molecule has 2 aromatic heterocycles. The van der Waals surface area contributed by atoms with Crippen LogP contribution in [0.3, 0.4) is 0 Å². The first-order valence-electron chi connectivity index (χ1n) is 9.05. The van der Waals surface area contributed by atoms with Crippen LogP contribution in [0.4, 0.5) is 0 Å². The SMILES string of the molecule is CN1CCC(CC(C)(O)c2ccncc2)c2[nH]c3ccc(Cl)cc3c2C1. The lowest BCUT2D eigenvalue weighted by Crippen LogP contribution is -2.25. The number of fused-ring (bicyclic) bond motifs is 3. The standard InChI is InChI=1S/C21H24ClN3O/c1-21(26,15-5-8-23-9-6-15)12-14-7-10-25(2)13-18-17-11-16(22)3-4-19(17)24-20(14)18/h3-6,8-9,11,14,24,26H,7,10,12-13H2,1-2H3. The van der Waals surface area contributed by atoms with Crippen LogP contribution in [0, 0.1) is 0 Å². The molecule has 0 aliphatic carbocycles. The highest BCUT2D eigenvalue weighted by Gasteiger charge is 2.32. The van der Waals surface area contributed by atoms with Gasteiger partial charge < -0.3 is 15.0 Å². The van der Waals surface area contributed by atoms with Gasteiger partial charge in [0.2, 0.25) is 0 Å². The fourth-order valence-electron chi connectivity index (χ4n) is 4.14. The fourth-order valence-corrected chi connectivity index (χ4v) is 4.31. The van der Waals surface area contributed by atoms with Crippen molar-refractivity contribution in [2.75, 3.05) is 13.6 Å². The molecule has 0 fully saturated rings. The first-order chi connectivity index (χ1) is 12.4. The summed E-state index contributed by atoms with van der Waals surface area (Å²) in [5.41, 5.74) is 3.66. The third kappa shape index (κ3) is 3.25. The van der Waals surface area contributed by atoms with Crippen LogP contribution in [0.25, 0.3) is 10.9 Å². The number of aromatic amines is 1. The first-order valence-corrected chi connectivity index (χ1v) is 9.43. The van der Waals surface area contributed by atoms with Gasteiger partial charge in [0.25, 0.3) is 0 Å². The van der Waals surface area contributed by atoms with E-state index >= 15 is 0 Å². The molecule has 2 unspecified atom stereocenters. The molecule has 2 N–H and O–H groups in total. The van der Waals surface area contributed by atoms with E-state index in [-0.39, 0.29) is 5.92 Å². The third-order valence-corrected chi connectivity index (χ3v) is 5.78. The number of aliphatic hydroxyl groups is 1. The highest BCUT2D eigenvalue weighted by molar-refractivity contribution is 6.31. The summed E-state index contributed by atoms with van der Waals surface area (Å²) < 4.78 is 0. The van der Waals surface area contributed by atoms with Crippen LogP contribution < -0.4 is 0 Å². The maximum Gasteiger partial charge on any atom is 0.0876 e. The van der Waals surface area contributed by atoms with E-state index < -0.39 is 5.60 Å². The number of nitrogens with zero attached hydrogens (tertiary/aromatic N) is 2. The number of H-pyrrole nitrogens is 1. The largest absolute Gasteiger partial charge is 0.385 e. The van der Waals surface area contributed by atoms with Crippen molar-refractivity contribution < 1.29 is 5.11 Å². The minimum absolute atomic E-state index is 0.254. The van der Waals surface area contributed by atoms with Gasteiger partial charge in [-0.2, -0.15) is 0 Å². The van der Waals surface area contributed by atoms with Gasteiger partial charge >= 0.3 is 0 Å². The Kier molecular flexibility index (Phi) is 4.51. The first kappa shape index (κ1) is 17.5. The summed E-state index contributed by atoms with van der Waals surface area (Å²) in [4.78, 5) is 10.0. The molecular weight excluding hydrogens is 346 g/mol. The summed E-state index contributed by atoms with van der Waals surface area (Å²) in [6, 6.07) is 9.81. The third-order valence-electron chi connectivity index (χ3n) is 5.54. The number of nitrogens with one attached hydrogen (secondary N) is 1. The van der Waals surface area contributed by atoms with Crippen molar-refractivity contribution in [3.05, 3.63) is 64.6 Å². The van der Waals surface area contributed by atoms with E-state index in [1.807, 2.05) is 37.3 Å². The van der Waals surface area contributed by atoms with E-state index in [0.29, 0.717) is 6.42 Å². The van der Waals surface area contributed by atoms with E-state index in [2.05, 4.69) is 21.9 Å². The average Bonchev–Trinajstić information content (AvgIpc) is 2.89. The molecule has 0 saturated heterocycles. The summed E-state index contributed by atoms with van der Waals surface area (Å²) >= 11 is 6.24. The van der Waals surface area contributed by atoms with Crippen molar-refractivity contribution in [3.8, 4) is 0 Å². The average molecular weight is 370 g/mol. The second-order valence-electron chi connectivity index (χ2n) is 7.64. The molecule has 26 heavy (non-hydrogen) atoms. The van der Waals surface area contributed by atoms with Gasteiger partial charge in [-0.3, -0.25) is 4.98 Å². The normalized spacial score (nSPS) is 20.5. The summed E-state index contributed by atoms with van der Waals surface area (Å²) in [7, 11) is 2.15. The number of benzene rings is 1. The Morgan fingerprint density at radius 1 is 1.31 bits per heavy atom. The molecule has 4 rings (SSSR count). The second-order valence-corrected chi connectivity index (χ2v) is 8.08. The molecule has 5 heteroatoms. The minimum Gasteiger partial charge on any atom is -0.385 e. The molecule has 1 aromatic carbocycles. The molecule has 1 aliphatic rings. The van der Waals surface area contributed by atoms with Gasteiger partial charge in [-0.05, 0) is 74.8 Å². The topological polar surface area (TPSA) is 52.1 Å². The van der Waals surface area contributed by atoms with Crippen molar-refractivity contribution in [1.29, 1.82) is 0 Å². The molecule has 0 amide bonds. The van der Waals surface area contributed by atoms with Crippen molar-refractivity contribution in [2.45, 2.75) is 37.8 Å². The Bertz CT molecular complexity index is 920. The van der Waals surface area contributed by atoms with E-state index in [9.17, 15) is 5.11 Å². The van der Waals surface area contributed by atoms with Gasteiger partial charge in [-0.25, -0.2) is 0 Å². The quantitative estimate of drug-likeness (QED) is 0.717. The monoisotopic (exact) mass is 369 g/mol. The van der Waals surface area contributed by atoms with Crippen molar-refractivity contribution in [2.24, 2.45) is 0 Å². The van der Waals surface area contributed by atoms with Crippen molar-refractivity contribution >= 4 is 22.5 Å². The van der Waals surface area contributed by atoms with Crippen LogP contribution in [0.5, 0.6) is 0 Å². The Labute approximate surface area is 158 Å². The minimum atomic E-state index is -0.900. The van der Waals surface area contributed by atoms with Crippen LogP contribution in [0.2, 0.25) is 5.02 Å². The molecule has 1 aliphatic heterocycles. The maximum atomic E-state index is 11.2. The van der Waals surface area contributed by atoms with Crippen LogP contribution >= 0.6 is 11.6 Å². The smallest absolute Gasteiger partial charge is 0.0876 e. The van der Waals surface area contributed by atoms with Gasteiger partial charge in [0, 0.05) is 46.5 Å². The Hall–Kier alpha value is -1.88. The number of hydrogen-bond acceptors (Lipinski definition) is 3. The van der Waals surface area contributed by atoms with Gasteiger partial charge in [-0.15, -0.1) is 0 Å². The lowest BCUT2D eigenvalue weighted by Gasteiger charge is -2.28. The predicted molar refractivity (Wildman–Crippen MR) is 105 cm³/mol. The zero-order valence-corrected chi connectivity index (χ0v) is 15.9. The number of pyridine rings is 1. The predicted octanol–water partition coefficient (Wildman–Crippen LogP) is 4.43.